The fourth-order valence-corrected chi connectivity index (χ4v) is 1.64. The molecular weight excluding hydrogens is 256 g/mol. The molecule has 20 heavy (non-hydrogen) atoms. The van der Waals surface area contributed by atoms with Gasteiger partial charge >= 0.3 is 0 Å². The molecule has 0 bridgehead atoms. The lowest BCUT2D eigenvalue weighted by Crippen LogP contribution is -2.32. The summed E-state index contributed by atoms with van der Waals surface area (Å²) in [6.07, 6.45) is 1.25. The van der Waals surface area contributed by atoms with E-state index in [-0.39, 0.29) is 25.0 Å². The third-order valence-electron chi connectivity index (χ3n) is 2.79. The molecule has 1 aromatic rings. The fraction of sp³-hybridized carbons (Fsp3) is 0.467. The molecule has 0 aliphatic rings. The lowest BCUT2D eigenvalue weighted by Gasteiger charge is -2.08. The summed E-state index contributed by atoms with van der Waals surface area (Å²) in [5.74, 6) is 0.0757. The summed E-state index contributed by atoms with van der Waals surface area (Å²) in [5, 5.41) is 14.3. The van der Waals surface area contributed by atoms with E-state index in [4.69, 9.17) is 5.11 Å². The van der Waals surface area contributed by atoms with Crippen molar-refractivity contribution < 1.29 is 14.7 Å². The van der Waals surface area contributed by atoms with E-state index < -0.39 is 0 Å². The van der Waals surface area contributed by atoms with E-state index in [0.717, 1.165) is 12.0 Å². The molecule has 0 aliphatic heterocycles. The van der Waals surface area contributed by atoms with Crippen LogP contribution >= 0.6 is 0 Å². The maximum absolute atomic E-state index is 11.7. The molecule has 1 aromatic carbocycles. The van der Waals surface area contributed by atoms with Crippen LogP contribution in [0.2, 0.25) is 0 Å². The number of amides is 2. The topological polar surface area (TPSA) is 78.4 Å². The average Bonchev–Trinajstić information content (AvgIpc) is 2.43. The van der Waals surface area contributed by atoms with Gasteiger partial charge in [0, 0.05) is 12.1 Å². The maximum atomic E-state index is 11.7. The Bertz CT molecular complexity index is 458. The first-order chi connectivity index (χ1) is 9.51. The number of aliphatic hydroxyl groups is 1. The minimum Gasteiger partial charge on any atom is -0.392 e. The van der Waals surface area contributed by atoms with Crippen LogP contribution in [0.3, 0.4) is 0 Å². The number of aliphatic hydroxyl groups excluding tert-OH is 1. The molecule has 1 rings (SSSR count). The number of nitrogens with one attached hydrogen (secondary N) is 2. The highest BCUT2D eigenvalue weighted by atomic mass is 16.3. The van der Waals surface area contributed by atoms with E-state index in [9.17, 15) is 9.59 Å². The highest BCUT2D eigenvalue weighted by Crippen LogP contribution is 2.10. The van der Waals surface area contributed by atoms with Gasteiger partial charge in [0.05, 0.1) is 13.2 Å². The molecule has 0 aliphatic carbocycles. The molecule has 0 radical (unpaired) electrons. The van der Waals surface area contributed by atoms with Gasteiger partial charge < -0.3 is 15.7 Å². The molecule has 0 heterocycles. The van der Waals surface area contributed by atoms with Crippen molar-refractivity contribution in [3.05, 3.63) is 29.8 Å². The van der Waals surface area contributed by atoms with Crippen molar-refractivity contribution in [2.24, 2.45) is 5.92 Å². The molecule has 2 amide bonds. The van der Waals surface area contributed by atoms with Gasteiger partial charge in [0.1, 0.15) is 0 Å². The monoisotopic (exact) mass is 278 g/mol. The predicted octanol–water partition coefficient (Wildman–Crippen LogP) is 1.67. The minimum absolute atomic E-state index is 0.0414. The number of rotatable bonds is 7. The molecular formula is C15H22N2O3. The summed E-state index contributed by atoms with van der Waals surface area (Å²) in [7, 11) is 0. The number of anilines is 1. The Labute approximate surface area is 119 Å². The lowest BCUT2D eigenvalue weighted by molar-refractivity contribution is -0.124. The first-order valence-electron chi connectivity index (χ1n) is 6.77. The Hall–Kier alpha value is -1.88. The zero-order valence-electron chi connectivity index (χ0n) is 12.0. The SMILES string of the molecule is CC(C)CCC(=O)NCC(=O)Nc1cccc(CO)c1. The molecule has 0 unspecified atom stereocenters. The van der Waals surface area contributed by atoms with Crippen molar-refractivity contribution in [1.82, 2.24) is 5.32 Å². The van der Waals surface area contributed by atoms with Crippen LogP contribution in [0.25, 0.3) is 0 Å². The first-order valence-corrected chi connectivity index (χ1v) is 6.77. The van der Waals surface area contributed by atoms with Gasteiger partial charge in [0.25, 0.3) is 0 Å². The van der Waals surface area contributed by atoms with Gasteiger partial charge in [-0.1, -0.05) is 26.0 Å². The van der Waals surface area contributed by atoms with Gasteiger partial charge in [-0.2, -0.15) is 0 Å². The van der Waals surface area contributed by atoms with Crippen molar-refractivity contribution >= 4 is 17.5 Å². The van der Waals surface area contributed by atoms with Gasteiger partial charge in [0.2, 0.25) is 11.8 Å². The van der Waals surface area contributed by atoms with E-state index >= 15 is 0 Å². The fourth-order valence-electron chi connectivity index (χ4n) is 1.64. The van der Waals surface area contributed by atoms with Gasteiger partial charge in [-0.15, -0.1) is 0 Å². The van der Waals surface area contributed by atoms with Gasteiger partial charge in [-0.3, -0.25) is 9.59 Å². The van der Waals surface area contributed by atoms with Crippen molar-refractivity contribution in [3.63, 3.8) is 0 Å². The molecule has 0 fully saturated rings. The van der Waals surface area contributed by atoms with E-state index in [1.807, 2.05) is 13.8 Å². The molecule has 5 heteroatoms. The second-order valence-electron chi connectivity index (χ2n) is 5.12. The van der Waals surface area contributed by atoms with E-state index in [1.54, 1.807) is 24.3 Å². The largest absolute Gasteiger partial charge is 0.392 e. The number of carbonyl (C=O) groups is 2. The Balaban J connectivity index is 2.34. The summed E-state index contributed by atoms with van der Waals surface area (Å²) in [6, 6.07) is 6.95. The molecule has 0 aromatic heterocycles. The molecule has 0 atom stereocenters. The van der Waals surface area contributed by atoms with Gasteiger partial charge in [-0.25, -0.2) is 0 Å². The lowest BCUT2D eigenvalue weighted by atomic mass is 10.1. The number of benzene rings is 1. The summed E-state index contributed by atoms with van der Waals surface area (Å²) < 4.78 is 0. The standard InChI is InChI=1S/C15H22N2O3/c1-11(2)6-7-14(19)16-9-15(20)17-13-5-3-4-12(8-13)10-18/h3-5,8,11,18H,6-7,9-10H2,1-2H3,(H,16,19)(H,17,20). The number of carbonyl (C=O) groups excluding carboxylic acids is 2. The van der Waals surface area contributed by atoms with E-state index in [2.05, 4.69) is 10.6 Å². The first kappa shape index (κ1) is 16.2. The van der Waals surface area contributed by atoms with Crippen molar-refractivity contribution in [3.8, 4) is 0 Å². The highest BCUT2D eigenvalue weighted by molar-refractivity contribution is 5.94. The second kappa shape index (κ2) is 8.32. The summed E-state index contributed by atoms with van der Waals surface area (Å²) in [4.78, 5) is 23.1. The molecule has 0 spiro atoms. The zero-order valence-corrected chi connectivity index (χ0v) is 12.0. The highest BCUT2D eigenvalue weighted by Gasteiger charge is 2.07. The number of hydrogen-bond donors (Lipinski definition) is 3. The Kier molecular flexibility index (Phi) is 6.73. The molecule has 3 N–H and O–H groups in total. The summed E-state index contributed by atoms with van der Waals surface area (Å²) in [6.45, 7) is 3.98. The van der Waals surface area contributed by atoms with Crippen LogP contribution in [-0.2, 0) is 16.2 Å². The predicted molar refractivity (Wildman–Crippen MR) is 78.1 cm³/mol. The van der Waals surface area contributed by atoms with Gasteiger partial charge in [0.15, 0.2) is 0 Å². The third kappa shape index (κ3) is 6.33. The molecule has 5 nitrogen and oxygen atoms in total. The normalized spacial score (nSPS) is 10.4. The summed E-state index contributed by atoms with van der Waals surface area (Å²) >= 11 is 0. The molecule has 0 saturated carbocycles. The van der Waals surface area contributed by atoms with E-state index in [1.165, 1.54) is 0 Å². The van der Waals surface area contributed by atoms with Crippen LogP contribution in [0.15, 0.2) is 24.3 Å². The number of hydrogen-bond acceptors (Lipinski definition) is 3. The maximum Gasteiger partial charge on any atom is 0.243 e. The molecule has 110 valence electrons. The quantitative estimate of drug-likeness (QED) is 0.710. The van der Waals surface area contributed by atoms with Crippen molar-refractivity contribution in [2.75, 3.05) is 11.9 Å². The minimum atomic E-state index is -0.280. The second-order valence-corrected chi connectivity index (χ2v) is 5.12. The molecule has 0 saturated heterocycles. The zero-order chi connectivity index (χ0) is 15.0. The van der Waals surface area contributed by atoms with Crippen molar-refractivity contribution in [1.29, 1.82) is 0 Å². The van der Waals surface area contributed by atoms with E-state index in [0.29, 0.717) is 18.0 Å². The summed E-state index contributed by atoms with van der Waals surface area (Å²) in [5.41, 5.74) is 1.33. The van der Waals surface area contributed by atoms with Gasteiger partial charge in [-0.05, 0) is 30.0 Å². The van der Waals surface area contributed by atoms with Crippen LogP contribution < -0.4 is 10.6 Å². The smallest absolute Gasteiger partial charge is 0.243 e. The van der Waals surface area contributed by atoms with Crippen molar-refractivity contribution in [2.45, 2.75) is 33.3 Å². The Morgan fingerprint density at radius 1 is 1.25 bits per heavy atom. The van der Waals surface area contributed by atoms with Crippen LogP contribution in [0.1, 0.15) is 32.3 Å². The Morgan fingerprint density at radius 2 is 2.00 bits per heavy atom. The van der Waals surface area contributed by atoms with Crippen LogP contribution in [-0.4, -0.2) is 23.5 Å². The van der Waals surface area contributed by atoms with Crippen LogP contribution in [0.4, 0.5) is 5.69 Å². The third-order valence-corrected chi connectivity index (χ3v) is 2.79. The Morgan fingerprint density at radius 3 is 2.65 bits per heavy atom. The van der Waals surface area contributed by atoms with Crippen LogP contribution in [0, 0.1) is 5.92 Å². The van der Waals surface area contributed by atoms with Crippen LogP contribution in [0.5, 0.6) is 0 Å². The average molecular weight is 278 g/mol.